The highest BCUT2D eigenvalue weighted by molar-refractivity contribution is 7.15. The molecule has 0 fully saturated rings. The number of nitrogens with one attached hydrogen (secondary N) is 1. The number of hydrogen-bond acceptors (Lipinski definition) is 5. The van der Waals surface area contributed by atoms with Gasteiger partial charge in [0.2, 0.25) is 5.13 Å². The molecular formula is C11H12ClN3OS. The van der Waals surface area contributed by atoms with Crippen LogP contribution in [-0.4, -0.2) is 15.3 Å². The van der Waals surface area contributed by atoms with Crippen LogP contribution in [0, 0.1) is 0 Å². The van der Waals surface area contributed by atoms with Gasteiger partial charge in [-0.15, -0.1) is 10.2 Å². The van der Waals surface area contributed by atoms with E-state index < -0.39 is 0 Å². The Kier molecular flexibility index (Phi) is 3.81. The Hall–Kier alpha value is -1.33. The number of halogens is 1. The fourth-order valence-electron chi connectivity index (χ4n) is 1.35. The van der Waals surface area contributed by atoms with E-state index in [0.717, 1.165) is 16.6 Å². The van der Waals surface area contributed by atoms with E-state index in [1.54, 1.807) is 18.2 Å². The van der Waals surface area contributed by atoms with Crippen molar-refractivity contribution in [3.63, 3.8) is 0 Å². The van der Waals surface area contributed by atoms with Gasteiger partial charge in [0.15, 0.2) is 0 Å². The van der Waals surface area contributed by atoms with Crippen molar-refractivity contribution < 1.29 is 5.11 Å². The monoisotopic (exact) mass is 269 g/mol. The SMILES string of the molecule is CCc1nnc(NCc2c(O)cccc2Cl)s1. The van der Waals surface area contributed by atoms with Gasteiger partial charge >= 0.3 is 0 Å². The molecule has 0 aliphatic rings. The molecule has 90 valence electrons. The van der Waals surface area contributed by atoms with Crippen LogP contribution in [0.5, 0.6) is 5.75 Å². The Morgan fingerprint density at radius 2 is 2.24 bits per heavy atom. The average molecular weight is 270 g/mol. The number of phenolic OH excluding ortho intramolecular Hbond substituents is 1. The molecule has 0 unspecified atom stereocenters. The molecule has 0 saturated carbocycles. The molecule has 17 heavy (non-hydrogen) atoms. The standard InChI is InChI=1S/C11H12ClN3OS/c1-2-10-14-15-11(17-10)13-6-7-8(12)4-3-5-9(7)16/h3-5,16H,2,6H2,1H3,(H,13,15). The zero-order chi connectivity index (χ0) is 12.3. The van der Waals surface area contributed by atoms with Gasteiger partial charge in [0.25, 0.3) is 0 Å². The van der Waals surface area contributed by atoms with Crippen LogP contribution in [0.4, 0.5) is 5.13 Å². The van der Waals surface area contributed by atoms with E-state index >= 15 is 0 Å². The molecule has 0 aliphatic carbocycles. The van der Waals surface area contributed by atoms with Gasteiger partial charge in [-0.05, 0) is 18.6 Å². The number of aryl methyl sites for hydroxylation is 1. The molecule has 0 saturated heterocycles. The van der Waals surface area contributed by atoms with Crippen LogP contribution < -0.4 is 5.32 Å². The zero-order valence-corrected chi connectivity index (χ0v) is 10.8. The smallest absolute Gasteiger partial charge is 0.205 e. The largest absolute Gasteiger partial charge is 0.508 e. The van der Waals surface area contributed by atoms with Crippen molar-refractivity contribution in [1.29, 1.82) is 0 Å². The van der Waals surface area contributed by atoms with Gasteiger partial charge in [-0.3, -0.25) is 0 Å². The summed E-state index contributed by atoms with van der Waals surface area (Å²) in [6.45, 7) is 2.47. The van der Waals surface area contributed by atoms with Crippen molar-refractivity contribution in [2.75, 3.05) is 5.32 Å². The second kappa shape index (κ2) is 5.33. The molecule has 0 amide bonds. The first-order valence-electron chi connectivity index (χ1n) is 5.23. The number of rotatable bonds is 4. The fraction of sp³-hybridized carbons (Fsp3) is 0.273. The Morgan fingerprint density at radius 1 is 1.41 bits per heavy atom. The summed E-state index contributed by atoms with van der Waals surface area (Å²) in [5.74, 6) is 0.185. The zero-order valence-electron chi connectivity index (χ0n) is 9.27. The summed E-state index contributed by atoms with van der Waals surface area (Å²) >= 11 is 7.50. The normalized spacial score (nSPS) is 10.5. The lowest BCUT2D eigenvalue weighted by Crippen LogP contribution is -2.00. The van der Waals surface area contributed by atoms with Crippen LogP contribution >= 0.6 is 22.9 Å². The van der Waals surface area contributed by atoms with E-state index in [9.17, 15) is 5.11 Å². The summed E-state index contributed by atoms with van der Waals surface area (Å²) in [5.41, 5.74) is 0.669. The van der Waals surface area contributed by atoms with E-state index in [2.05, 4.69) is 15.5 Å². The third kappa shape index (κ3) is 2.87. The van der Waals surface area contributed by atoms with Gasteiger partial charge in [-0.25, -0.2) is 0 Å². The third-order valence-corrected chi connectivity index (χ3v) is 3.66. The number of phenols is 1. The van der Waals surface area contributed by atoms with Crippen molar-refractivity contribution in [3.05, 3.63) is 33.8 Å². The summed E-state index contributed by atoms with van der Waals surface area (Å²) in [6.07, 6.45) is 0.872. The lowest BCUT2D eigenvalue weighted by Gasteiger charge is -2.06. The highest BCUT2D eigenvalue weighted by Gasteiger charge is 2.07. The number of anilines is 1. The fourth-order valence-corrected chi connectivity index (χ4v) is 2.27. The molecule has 0 bridgehead atoms. The number of hydrogen-bond donors (Lipinski definition) is 2. The second-order valence-electron chi connectivity index (χ2n) is 3.45. The van der Waals surface area contributed by atoms with Gasteiger partial charge in [0.05, 0.1) is 0 Å². The first-order valence-corrected chi connectivity index (χ1v) is 6.42. The molecule has 0 atom stereocenters. The van der Waals surface area contributed by atoms with E-state index in [0.29, 0.717) is 17.1 Å². The number of aromatic nitrogens is 2. The molecule has 0 aliphatic heterocycles. The number of aromatic hydroxyl groups is 1. The molecule has 2 rings (SSSR count). The summed E-state index contributed by atoms with van der Waals surface area (Å²) in [7, 11) is 0. The highest BCUT2D eigenvalue weighted by atomic mass is 35.5. The van der Waals surface area contributed by atoms with Crippen molar-refractivity contribution in [2.45, 2.75) is 19.9 Å². The Labute approximate surface area is 108 Å². The Balaban J connectivity index is 2.07. The predicted octanol–water partition coefficient (Wildman–Crippen LogP) is 3.07. The average Bonchev–Trinajstić information content (AvgIpc) is 2.76. The predicted molar refractivity (Wildman–Crippen MR) is 69.7 cm³/mol. The molecule has 2 aromatic rings. The quantitative estimate of drug-likeness (QED) is 0.896. The maximum atomic E-state index is 9.66. The molecular weight excluding hydrogens is 258 g/mol. The van der Waals surface area contributed by atoms with Crippen LogP contribution in [0.15, 0.2) is 18.2 Å². The Morgan fingerprint density at radius 3 is 2.88 bits per heavy atom. The van der Waals surface area contributed by atoms with Gasteiger partial charge in [-0.1, -0.05) is 35.9 Å². The molecule has 0 radical (unpaired) electrons. The number of nitrogens with zero attached hydrogens (tertiary/aromatic N) is 2. The van der Waals surface area contributed by atoms with Gasteiger partial charge in [-0.2, -0.15) is 0 Å². The minimum Gasteiger partial charge on any atom is -0.508 e. The van der Waals surface area contributed by atoms with E-state index in [1.165, 1.54) is 11.3 Å². The minimum absolute atomic E-state index is 0.185. The summed E-state index contributed by atoms with van der Waals surface area (Å²) in [4.78, 5) is 0. The van der Waals surface area contributed by atoms with Gasteiger partial charge in [0, 0.05) is 17.1 Å². The maximum Gasteiger partial charge on any atom is 0.205 e. The first-order chi connectivity index (χ1) is 8.20. The van der Waals surface area contributed by atoms with E-state index in [4.69, 9.17) is 11.6 Å². The maximum absolute atomic E-state index is 9.66. The number of benzene rings is 1. The van der Waals surface area contributed by atoms with Crippen molar-refractivity contribution >= 4 is 28.1 Å². The van der Waals surface area contributed by atoms with E-state index in [1.807, 2.05) is 6.92 Å². The molecule has 2 N–H and O–H groups in total. The van der Waals surface area contributed by atoms with Crippen LogP contribution in [-0.2, 0) is 13.0 Å². The topological polar surface area (TPSA) is 58.0 Å². The molecule has 0 spiro atoms. The molecule has 6 heteroatoms. The van der Waals surface area contributed by atoms with Crippen LogP contribution in [0.3, 0.4) is 0 Å². The summed E-state index contributed by atoms with van der Waals surface area (Å²) in [5, 5.41) is 23.0. The molecule has 1 aromatic heterocycles. The van der Waals surface area contributed by atoms with E-state index in [-0.39, 0.29) is 5.75 Å². The van der Waals surface area contributed by atoms with Crippen molar-refractivity contribution in [1.82, 2.24) is 10.2 Å². The van der Waals surface area contributed by atoms with Crippen molar-refractivity contribution in [3.8, 4) is 5.75 Å². The minimum atomic E-state index is 0.185. The summed E-state index contributed by atoms with van der Waals surface area (Å²) < 4.78 is 0. The van der Waals surface area contributed by atoms with Crippen molar-refractivity contribution in [2.24, 2.45) is 0 Å². The second-order valence-corrected chi connectivity index (χ2v) is 4.91. The summed E-state index contributed by atoms with van der Waals surface area (Å²) in [6, 6.07) is 5.07. The molecule has 4 nitrogen and oxygen atoms in total. The highest BCUT2D eigenvalue weighted by Crippen LogP contribution is 2.26. The van der Waals surface area contributed by atoms with Crippen LogP contribution in [0.25, 0.3) is 0 Å². The molecule has 1 aromatic carbocycles. The lowest BCUT2D eigenvalue weighted by molar-refractivity contribution is 0.469. The lowest BCUT2D eigenvalue weighted by atomic mass is 10.2. The first kappa shape index (κ1) is 12.1. The van der Waals surface area contributed by atoms with Crippen LogP contribution in [0.2, 0.25) is 5.02 Å². The third-order valence-electron chi connectivity index (χ3n) is 2.28. The molecule has 1 heterocycles. The van der Waals surface area contributed by atoms with Gasteiger partial charge in [0.1, 0.15) is 10.8 Å². The van der Waals surface area contributed by atoms with Gasteiger partial charge < -0.3 is 10.4 Å². The Bertz CT molecular complexity index is 495. The van der Waals surface area contributed by atoms with Crippen LogP contribution in [0.1, 0.15) is 17.5 Å².